The summed E-state index contributed by atoms with van der Waals surface area (Å²) in [6.45, 7) is 5.44. The molecule has 1 amide bonds. The average Bonchev–Trinajstić information content (AvgIpc) is 2.40. The number of rotatable bonds is 5. The number of hydrogen-bond donors (Lipinski definition) is 1. The van der Waals surface area contributed by atoms with E-state index in [-0.39, 0.29) is 5.75 Å². The Morgan fingerprint density at radius 1 is 1.26 bits per heavy atom. The topological polar surface area (TPSA) is 89.5 Å². The fourth-order valence-corrected chi connectivity index (χ4v) is 2.85. The lowest BCUT2D eigenvalue weighted by Gasteiger charge is -2.29. The molecule has 0 saturated heterocycles. The molecule has 7 heteroatoms. The minimum atomic E-state index is -3.19. The molecule has 0 aromatic heterocycles. The molecule has 1 N–H and O–H groups in total. The highest BCUT2D eigenvalue weighted by atomic mass is 32.2. The maximum Gasteiger partial charge on any atom is 0.328 e. The lowest BCUT2D eigenvalue weighted by atomic mass is 9.86. The number of methoxy groups -OCH3 is 1. The van der Waals surface area contributed by atoms with Gasteiger partial charge in [-0.05, 0) is 23.1 Å². The van der Waals surface area contributed by atoms with E-state index < -0.39 is 33.2 Å². The van der Waals surface area contributed by atoms with Gasteiger partial charge < -0.3 is 10.1 Å². The van der Waals surface area contributed by atoms with Gasteiger partial charge in [-0.25, -0.2) is 13.2 Å². The van der Waals surface area contributed by atoms with Crippen LogP contribution in [0.15, 0.2) is 24.3 Å². The van der Waals surface area contributed by atoms with E-state index in [4.69, 9.17) is 4.74 Å². The smallest absolute Gasteiger partial charge is 0.328 e. The first-order valence-electron chi connectivity index (χ1n) is 7.09. The van der Waals surface area contributed by atoms with E-state index in [1.165, 1.54) is 13.2 Å². The minimum Gasteiger partial charge on any atom is -0.467 e. The molecule has 0 aliphatic rings. The molecular formula is C16H23NO5S. The van der Waals surface area contributed by atoms with Gasteiger partial charge in [-0.15, -0.1) is 0 Å². The third kappa shape index (κ3) is 6.02. The highest BCUT2D eigenvalue weighted by Gasteiger charge is 2.33. The van der Waals surface area contributed by atoms with Crippen molar-refractivity contribution in [1.82, 2.24) is 5.32 Å². The number of sulfone groups is 1. The maximum absolute atomic E-state index is 12.4. The summed E-state index contributed by atoms with van der Waals surface area (Å²) >= 11 is 0. The summed E-state index contributed by atoms with van der Waals surface area (Å²) in [5.41, 5.74) is 0.294. The Kier molecular flexibility index (Phi) is 5.93. The van der Waals surface area contributed by atoms with Crippen LogP contribution in [0.2, 0.25) is 0 Å². The molecule has 0 saturated carbocycles. The molecule has 23 heavy (non-hydrogen) atoms. The number of nitrogens with one attached hydrogen (secondary N) is 1. The highest BCUT2D eigenvalue weighted by molar-refractivity contribution is 7.89. The van der Waals surface area contributed by atoms with E-state index in [1.807, 2.05) is 20.8 Å². The summed E-state index contributed by atoms with van der Waals surface area (Å²) in [5, 5.41) is 2.65. The van der Waals surface area contributed by atoms with Gasteiger partial charge in [-0.2, -0.15) is 0 Å². The van der Waals surface area contributed by atoms with Crippen LogP contribution in [-0.4, -0.2) is 39.7 Å². The number of benzene rings is 1. The van der Waals surface area contributed by atoms with Crippen molar-refractivity contribution in [2.45, 2.75) is 32.6 Å². The fraction of sp³-hybridized carbons (Fsp3) is 0.500. The zero-order chi connectivity index (χ0) is 17.8. The van der Waals surface area contributed by atoms with Crippen molar-refractivity contribution < 1.29 is 22.7 Å². The molecule has 0 aliphatic heterocycles. The average molecular weight is 341 g/mol. The standard InChI is InChI=1S/C16H23NO5S/c1-16(2,3)13(15(19)22-4)17-14(18)12-8-6-7-11(9-12)10-23(5,20)21/h6-9,13H,10H2,1-5H3,(H,17,18)/t13-/m0/s1. The molecule has 1 aromatic carbocycles. The molecular weight excluding hydrogens is 318 g/mol. The van der Waals surface area contributed by atoms with Gasteiger partial charge in [0.05, 0.1) is 12.9 Å². The van der Waals surface area contributed by atoms with Gasteiger partial charge >= 0.3 is 5.97 Å². The predicted octanol–water partition coefficient (Wildman–Crippen LogP) is 1.55. The molecule has 1 atom stereocenters. The quantitative estimate of drug-likeness (QED) is 0.821. The number of amides is 1. The monoisotopic (exact) mass is 341 g/mol. The molecule has 128 valence electrons. The zero-order valence-electron chi connectivity index (χ0n) is 14.0. The van der Waals surface area contributed by atoms with Gasteiger partial charge in [-0.1, -0.05) is 32.9 Å². The number of carbonyl (C=O) groups excluding carboxylic acids is 2. The van der Waals surface area contributed by atoms with Gasteiger partial charge in [0.25, 0.3) is 5.91 Å². The Morgan fingerprint density at radius 2 is 1.87 bits per heavy atom. The molecule has 0 fully saturated rings. The summed E-state index contributed by atoms with van der Waals surface area (Å²) in [6.07, 6.45) is 1.13. The Bertz CT molecular complexity index is 689. The van der Waals surface area contributed by atoms with Crippen molar-refractivity contribution in [1.29, 1.82) is 0 Å². The first kappa shape index (κ1) is 19.2. The molecule has 0 bridgehead atoms. The van der Waals surface area contributed by atoms with Gasteiger partial charge in [0, 0.05) is 11.8 Å². The Hall–Kier alpha value is -1.89. The summed E-state index contributed by atoms with van der Waals surface area (Å²) in [6, 6.07) is 5.52. The second-order valence-electron chi connectivity index (χ2n) is 6.57. The van der Waals surface area contributed by atoms with Crippen LogP contribution in [-0.2, 0) is 25.1 Å². The SMILES string of the molecule is COC(=O)[C@H](NC(=O)c1cccc(CS(C)(=O)=O)c1)C(C)(C)C. The van der Waals surface area contributed by atoms with E-state index in [0.29, 0.717) is 11.1 Å². The number of ether oxygens (including phenoxy) is 1. The van der Waals surface area contributed by atoms with Crippen molar-refractivity contribution in [3.63, 3.8) is 0 Å². The van der Waals surface area contributed by atoms with Gasteiger partial charge in [-0.3, -0.25) is 4.79 Å². The molecule has 0 radical (unpaired) electrons. The molecule has 0 spiro atoms. The molecule has 1 aromatic rings. The summed E-state index contributed by atoms with van der Waals surface area (Å²) in [7, 11) is -1.93. The fourth-order valence-electron chi connectivity index (χ4n) is 2.07. The number of hydrogen-bond acceptors (Lipinski definition) is 5. The summed E-state index contributed by atoms with van der Waals surface area (Å²) in [5.74, 6) is -1.13. The highest BCUT2D eigenvalue weighted by Crippen LogP contribution is 2.21. The largest absolute Gasteiger partial charge is 0.467 e. The normalized spacial score (nSPS) is 13.3. The van der Waals surface area contributed by atoms with Crippen LogP contribution < -0.4 is 5.32 Å². The van der Waals surface area contributed by atoms with Gasteiger partial charge in [0.2, 0.25) is 0 Å². The van der Waals surface area contributed by atoms with Gasteiger partial charge in [0.1, 0.15) is 6.04 Å². The minimum absolute atomic E-state index is 0.145. The van der Waals surface area contributed by atoms with E-state index in [2.05, 4.69) is 5.32 Å². The van der Waals surface area contributed by atoms with Crippen molar-refractivity contribution in [2.75, 3.05) is 13.4 Å². The Balaban J connectivity index is 3.01. The van der Waals surface area contributed by atoms with Crippen molar-refractivity contribution in [3.05, 3.63) is 35.4 Å². The molecule has 0 heterocycles. The summed E-state index contributed by atoms with van der Waals surface area (Å²) in [4.78, 5) is 24.2. The predicted molar refractivity (Wildman–Crippen MR) is 87.7 cm³/mol. The van der Waals surface area contributed by atoms with E-state index >= 15 is 0 Å². The van der Waals surface area contributed by atoms with Crippen LogP contribution in [0, 0.1) is 5.41 Å². The second-order valence-corrected chi connectivity index (χ2v) is 8.71. The molecule has 1 rings (SSSR count). The van der Waals surface area contributed by atoms with Crippen LogP contribution in [0.25, 0.3) is 0 Å². The van der Waals surface area contributed by atoms with Crippen LogP contribution in [0.3, 0.4) is 0 Å². The maximum atomic E-state index is 12.4. The summed E-state index contributed by atoms with van der Waals surface area (Å²) < 4.78 is 27.4. The molecule has 0 unspecified atom stereocenters. The van der Waals surface area contributed by atoms with Crippen LogP contribution in [0.4, 0.5) is 0 Å². The first-order valence-corrected chi connectivity index (χ1v) is 9.15. The van der Waals surface area contributed by atoms with Crippen molar-refractivity contribution in [3.8, 4) is 0 Å². The van der Waals surface area contributed by atoms with E-state index in [1.54, 1.807) is 18.2 Å². The number of esters is 1. The van der Waals surface area contributed by atoms with Crippen molar-refractivity contribution >= 4 is 21.7 Å². The van der Waals surface area contributed by atoms with E-state index in [9.17, 15) is 18.0 Å². The zero-order valence-corrected chi connectivity index (χ0v) is 14.9. The lowest BCUT2D eigenvalue weighted by Crippen LogP contribution is -2.49. The Labute approximate surface area is 137 Å². The Morgan fingerprint density at radius 3 is 2.35 bits per heavy atom. The first-order chi connectivity index (χ1) is 10.4. The van der Waals surface area contributed by atoms with Crippen LogP contribution >= 0.6 is 0 Å². The van der Waals surface area contributed by atoms with E-state index in [0.717, 1.165) is 6.26 Å². The number of carbonyl (C=O) groups is 2. The van der Waals surface area contributed by atoms with Crippen LogP contribution in [0.5, 0.6) is 0 Å². The lowest BCUT2D eigenvalue weighted by molar-refractivity contribution is -0.145. The van der Waals surface area contributed by atoms with Crippen molar-refractivity contribution in [2.24, 2.45) is 5.41 Å². The third-order valence-electron chi connectivity index (χ3n) is 3.20. The molecule has 0 aliphatic carbocycles. The van der Waals surface area contributed by atoms with Crippen LogP contribution in [0.1, 0.15) is 36.7 Å². The molecule has 6 nitrogen and oxygen atoms in total. The van der Waals surface area contributed by atoms with Gasteiger partial charge in [0.15, 0.2) is 9.84 Å². The third-order valence-corrected chi connectivity index (χ3v) is 4.05. The second kappa shape index (κ2) is 7.12.